The molecule has 2 fully saturated rings. The molecule has 2 aliphatic heterocycles. The van der Waals surface area contributed by atoms with Gasteiger partial charge in [-0.25, -0.2) is 0 Å². The largest absolute Gasteiger partial charge is 0.393 e. The highest BCUT2D eigenvalue weighted by atomic mass is 16.5. The molecule has 0 spiro atoms. The van der Waals surface area contributed by atoms with Gasteiger partial charge in [-0.1, -0.05) is 36.9 Å². The lowest BCUT2D eigenvalue weighted by Gasteiger charge is -2.32. The van der Waals surface area contributed by atoms with Gasteiger partial charge in [-0.2, -0.15) is 0 Å². The molecule has 108 valence electrons. The molecule has 3 rings (SSSR count). The van der Waals surface area contributed by atoms with Crippen molar-refractivity contribution in [2.24, 2.45) is 5.92 Å². The molecule has 0 aliphatic carbocycles. The summed E-state index contributed by atoms with van der Waals surface area (Å²) in [4.78, 5) is 0. The van der Waals surface area contributed by atoms with Gasteiger partial charge in [-0.15, -0.1) is 0 Å². The van der Waals surface area contributed by atoms with E-state index in [4.69, 9.17) is 4.74 Å². The summed E-state index contributed by atoms with van der Waals surface area (Å²) in [6.45, 7) is 3.79. The Labute approximate surface area is 119 Å². The van der Waals surface area contributed by atoms with Crippen molar-refractivity contribution in [3.05, 3.63) is 42.0 Å². The minimum Gasteiger partial charge on any atom is -0.393 e. The number of aliphatic hydroxyl groups excluding tert-OH is 2. The highest BCUT2D eigenvalue weighted by Crippen LogP contribution is 2.50. The summed E-state index contributed by atoms with van der Waals surface area (Å²) in [5, 5.41) is 20.1. The standard InChI is InChI=1S/C17H22O3/c1-2-12-3-5-13(6-4-12)16(19)10-14-9-15-7-8-17(14,11-18)20-15/h2-6,14-16,18-19H,1,7-11H2. The van der Waals surface area contributed by atoms with Crippen LogP contribution in [0.2, 0.25) is 0 Å². The first-order valence-corrected chi connectivity index (χ1v) is 7.36. The van der Waals surface area contributed by atoms with Crippen LogP contribution in [0.25, 0.3) is 6.08 Å². The normalized spacial score (nSPS) is 33.3. The van der Waals surface area contributed by atoms with E-state index in [0.717, 1.165) is 30.4 Å². The summed E-state index contributed by atoms with van der Waals surface area (Å²) in [5.41, 5.74) is 1.58. The van der Waals surface area contributed by atoms with Crippen LogP contribution in [0.4, 0.5) is 0 Å². The van der Waals surface area contributed by atoms with Crippen molar-refractivity contribution in [2.45, 2.75) is 43.5 Å². The predicted molar refractivity (Wildman–Crippen MR) is 78.1 cm³/mol. The highest BCUT2D eigenvalue weighted by Gasteiger charge is 2.53. The molecular formula is C17H22O3. The van der Waals surface area contributed by atoms with Crippen molar-refractivity contribution in [1.82, 2.24) is 0 Å². The van der Waals surface area contributed by atoms with Crippen LogP contribution in [0.5, 0.6) is 0 Å². The van der Waals surface area contributed by atoms with Gasteiger partial charge < -0.3 is 14.9 Å². The molecule has 1 aromatic rings. The van der Waals surface area contributed by atoms with Gasteiger partial charge in [0.25, 0.3) is 0 Å². The lowest BCUT2D eigenvalue weighted by molar-refractivity contribution is -0.0572. The number of hydrogen-bond acceptors (Lipinski definition) is 3. The Morgan fingerprint density at radius 1 is 1.40 bits per heavy atom. The fraction of sp³-hybridized carbons (Fsp3) is 0.529. The van der Waals surface area contributed by atoms with E-state index in [-0.39, 0.29) is 18.6 Å². The summed E-state index contributed by atoms with van der Waals surface area (Å²) < 4.78 is 5.92. The molecule has 0 amide bonds. The summed E-state index contributed by atoms with van der Waals surface area (Å²) in [5.74, 6) is 0.250. The molecule has 0 saturated carbocycles. The van der Waals surface area contributed by atoms with Crippen molar-refractivity contribution in [2.75, 3.05) is 6.61 Å². The quantitative estimate of drug-likeness (QED) is 0.868. The minimum atomic E-state index is -0.495. The van der Waals surface area contributed by atoms with E-state index in [9.17, 15) is 10.2 Å². The monoisotopic (exact) mass is 274 g/mol. The van der Waals surface area contributed by atoms with Crippen molar-refractivity contribution < 1.29 is 14.9 Å². The molecule has 2 bridgehead atoms. The van der Waals surface area contributed by atoms with Gasteiger partial charge in [0.15, 0.2) is 0 Å². The molecule has 3 nitrogen and oxygen atoms in total. The van der Waals surface area contributed by atoms with Crippen molar-refractivity contribution >= 4 is 6.08 Å². The number of hydrogen-bond donors (Lipinski definition) is 2. The Morgan fingerprint density at radius 3 is 2.75 bits per heavy atom. The van der Waals surface area contributed by atoms with Crippen LogP contribution in [-0.4, -0.2) is 28.5 Å². The SMILES string of the molecule is C=Cc1ccc(C(O)CC2CC3CCC2(CO)O3)cc1. The Kier molecular flexibility index (Phi) is 3.67. The Balaban J connectivity index is 1.69. The van der Waals surface area contributed by atoms with E-state index >= 15 is 0 Å². The van der Waals surface area contributed by atoms with Crippen LogP contribution in [0.1, 0.15) is 42.9 Å². The molecule has 4 unspecified atom stereocenters. The maximum absolute atomic E-state index is 10.4. The molecule has 20 heavy (non-hydrogen) atoms. The Morgan fingerprint density at radius 2 is 2.15 bits per heavy atom. The second kappa shape index (κ2) is 5.32. The Bertz CT molecular complexity index is 482. The second-order valence-electron chi connectivity index (χ2n) is 6.06. The smallest absolute Gasteiger partial charge is 0.0946 e. The third kappa shape index (κ3) is 2.30. The molecule has 2 heterocycles. The maximum Gasteiger partial charge on any atom is 0.0946 e. The first kappa shape index (κ1) is 13.8. The summed E-state index contributed by atoms with van der Waals surface area (Å²) in [6.07, 6.45) is 5.16. The topological polar surface area (TPSA) is 49.7 Å². The number of rotatable bonds is 5. The van der Waals surface area contributed by atoms with Crippen LogP contribution < -0.4 is 0 Å². The molecule has 4 atom stereocenters. The molecule has 0 aromatic heterocycles. The van der Waals surface area contributed by atoms with Gasteiger partial charge >= 0.3 is 0 Å². The van der Waals surface area contributed by atoms with Crippen molar-refractivity contribution in [3.8, 4) is 0 Å². The van der Waals surface area contributed by atoms with E-state index in [1.165, 1.54) is 0 Å². The third-order valence-electron chi connectivity index (χ3n) is 4.91. The summed E-state index contributed by atoms with van der Waals surface area (Å²) in [6, 6.07) is 7.82. The number of ether oxygens (including phenoxy) is 1. The number of aliphatic hydroxyl groups is 2. The van der Waals surface area contributed by atoms with Gasteiger partial charge in [-0.3, -0.25) is 0 Å². The number of benzene rings is 1. The van der Waals surface area contributed by atoms with Gasteiger partial charge in [0.1, 0.15) is 0 Å². The summed E-state index contributed by atoms with van der Waals surface area (Å²) in [7, 11) is 0. The molecule has 0 radical (unpaired) electrons. The molecular weight excluding hydrogens is 252 g/mol. The highest BCUT2D eigenvalue weighted by molar-refractivity contribution is 5.47. The lowest BCUT2D eigenvalue weighted by atomic mass is 9.75. The molecule has 1 aromatic carbocycles. The van der Waals surface area contributed by atoms with Crippen LogP contribution >= 0.6 is 0 Å². The lowest BCUT2D eigenvalue weighted by Crippen LogP contribution is -2.38. The fourth-order valence-corrected chi connectivity index (χ4v) is 3.67. The zero-order valence-corrected chi connectivity index (χ0v) is 11.7. The maximum atomic E-state index is 10.4. The van der Waals surface area contributed by atoms with E-state index in [1.54, 1.807) is 6.08 Å². The Hall–Kier alpha value is -1.16. The number of fused-ring (bicyclic) bond motifs is 2. The van der Waals surface area contributed by atoms with E-state index in [0.29, 0.717) is 6.42 Å². The molecule has 2 N–H and O–H groups in total. The van der Waals surface area contributed by atoms with Crippen LogP contribution in [0.3, 0.4) is 0 Å². The van der Waals surface area contributed by atoms with Crippen LogP contribution in [0, 0.1) is 5.92 Å². The summed E-state index contributed by atoms with van der Waals surface area (Å²) >= 11 is 0. The predicted octanol–water partition coefficient (Wildman–Crippen LogP) is 2.68. The van der Waals surface area contributed by atoms with Gasteiger partial charge in [0, 0.05) is 0 Å². The second-order valence-corrected chi connectivity index (χ2v) is 6.06. The molecule has 3 heteroatoms. The first-order chi connectivity index (χ1) is 9.66. The fourth-order valence-electron chi connectivity index (χ4n) is 3.67. The van der Waals surface area contributed by atoms with Crippen molar-refractivity contribution in [3.63, 3.8) is 0 Å². The van der Waals surface area contributed by atoms with E-state index < -0.39 is 11.7 Å². The van der Waals surface area contributed by atoms with Crippen molar-refractivity contribution in [1.29, 1.82) is 0 Å². The average molecular weight is 274 g/mol. The third-order valence-corrected chi connectivity index (χ3v) is 4.91. The first-order valence-electron chi connectivity index (χ1n) is 7.36. The van der Waals surface area contributed by atoms with E-state index in [1.807, 2.05) is 24.3 Å². The van der Waals surface area contributed by atoms with Gasteiger partial charge in [-0.05, 0) is 42.7 Å². The molecule has 2 aliphatic rings. The van der Waals surface area contributed by atoms with Crippen LogP contribution in [-0.2, 0) is 4.74 Å². The average Bonchev–Trinajstić information content (AvgIpc) is 3.05. The zero-order valence-electron chi connectivity index (χ0n) is 11.7. The minimum absolute atomic E-state index is 0.0658. The van der Waals surface area contributed by atoms with Gasteiger partial charge in [0.2, 0.25) is 0 Å². The molecule has 2 saturated heterocycles. The van der Waals surface area contributed by atoms with Crippen LogP contribution in [0.15, 0.2) is 30.8 Å². The van der Waals surface area contributed by atoms with E-state index in [2.05, 4.69) is 6.58 Å². The zero-order chi connectivity index (χ0) is 14.2. The van der Waals surface area contributed by atoms with Gasteiger partial charge in [0.05, 0.1) is 24.4 Å².